The first-order chi connectivity index (χ1) is 8.79. The van der Waals surface area contributed by atoms with E-state index in [4.69, 9.17) is 9.47 Å². The molecule has 0 radical (unpaired) electrons. The third-order valence-corrected chi connectivity index (χ3v) is 5.11. The fraction of sp³-hybridized carbons (Fsp3) is 0.933. The summed E-state index contributed by atoms with van der Waals surface area (Å²) >= 11 is 0. The minimum Gasteiger partial charge on any atom is -0.381 e. The third kappa shape index (κ3) is 2.48. The molecule has 3 aliphatic rings. The lowest BCUT2D eigenvalue weighted by Crippen LogP contribution is -2.46. The zero-order valence-corrected chi connectivity index (χ0v) is 11.2. The predicted molar refractivity (Wildman–Crippen MR) is 68.4 cm³/mol. The van der Waals surface area contributed by atoms with Crippen LogP contribution in [-0.4, -0.2) is 31.2 Å². The Morgan fingerprint density at radius 2 is 1.89 bits per heavy atom. The van der Waals surface area contributed by atoms with E-state index < -0.39 is 0 Å². The van der Waals surface area contributed by atoms with Gasteiger partial charge >= 0.3 is 0 Å². The van der Waals surface area contributed by atoms with Crippen LogP contribution in [0.2, 0.25) is 0 Å². The van der Waals surface area contributed by atoms with Crippen LogP contribution in [0.3, 0.4) is 0 Å². The predicted octanol–water partition coefficient (Wildman–Crippen LogP) is 2.72. The Balaban J connectivity index is 1.67. The van der Waals surface area contributed by atoms with E-state index in [1.807, 2.05) is 0 Å². The molecule has 2 heterocycles. The van der Waals surface area contributed by atoms with Gasteiger partial charge in [0.2, 0.25) is 0 Å². The highest BCUT2D eigenvalue weighted by Gasteiger charge is 2.42. The van der Waals surface area contributed by atoms with Crippen molar-refractivity contribution >= 4 is 5.78 Å². The molecule has 3 rings (SSSR count). The highest BCUT2D eigenvalue weighted by molar-refractivity contribution is 5.81. The van der Waals surface area contributed by atoms with Gasteiger partial charge in [0.15, 0.2) is 0 Å². The summed E-state index contributed by atoms with van der Waals surface area (Å²) in [6, 6.07) is 0. The number of ether oxygens (including phenoxy) is 2. The quantitative estimate of drug-likeness (QED) is 0.720. The maximum absolute atomic E-state index is 12.1. The molecule has 0 N–H and O–H groups in total. The minimum absolute atomic E-state index is 0.0406. The van der Waals surface area contributed by atoms with Crippen molar-refractivity contribution < 1.29 is 14.3 Å². The van der Waals surface area contributed by atoms with Gasteiger partial charge in [-0.05, 0) is 44.4 Å². The molecule has 1 saturated carbocycles. The van der Waals surface area contributed by atoms with Crippen LogP contribution in [0.15, 0.2) is 0 Å². The summed E-state index contributed by atoms with van der Waals surface area (Å²) in [5.74, 6) is 1.43. The first-order valence-corrected chi connectivity index (χ1v) is 7.54. The van der Waals surface area contributed by atoms with E-state index in [1.165, 1.54) is 6.42 Å². The average Bonchev–Trinajstić information content (AvgIpc) is 2.40. The maximum Gasteiger partial charge on any atom is 0.136 e. The number of carbonyl (C=O) groups excluding carboxylic acids is 1. The maximum atomic E-state index is 12.1. The van der Waals surface area contributed by atoms with Crippen molar-refractivity contribution in [3.05, 3.63) is 0 Å². The van der Waals surface area contributed by atoms with Crippen LogP contribution in [-0.2, 0) is 14.3 Å². The van der Waals surface area contributed by atoms with E-state index >= 15 is 0 Å². The van der Waals surface area contributed by atoms with Crippen LogP contribution in [0.25, 0.3) is 0 Å². The summed E-state index contributed by atoms with van der Waals surface area (Å²) in [6.07, 6.45) is 8.50. The second-order valence-corrected chi connectivity index (χ2v) is 6.22. The molecule has 0 aromatic rings. The summed E-state index contributed by atoms with van der Waals surface area (Å²) in [5.41, 5.74) is 0.0406. The molecule has 0 amide bonds. The third-order valence-electron chi connectivity index (χ3n) is 5.11. The summed E-state index contributed by atoms with van der Waals surface area (Å²) in [7, 11) is 0. The molecule has 3 nitrogen and oxygen atoms in total. The fourth-order valence-corrected chi connectivity index (χ4v) is 4.01. The van der Waals surface area contributed by atoms with E-state index in [0.29, 0.717) is 17.6 Å². The highest BCUT2D eigenvalue weighted by atomic mass is 16.5. The second-order valence-electron chi connectivity index (χ2n) is 6.22. The van der Waals surface area contributed by atoms with Gasteiger partial charge in [-0.2, -0.15) is 0 Å². The molecule has 1 aliphatic carbocycles. The standard InChI is InChI=1S/C15H24O3/c16-14-4-2-1-3-13(14)12-5-8-18-15(11-12)6-9-17-10-7-15/h12-13H,1-11H2. The lowest BCUT2D eigenvalue weighted by molar-refractivity contribution is -0.157. The number of ketones is 1. The van der Waals surface area contributed by atoms with Gasteiger partial charge in [0.25, 0.3) is 0 Å². The number of carbonyl (C=O) groups is 1. The van der Waals surface area contributed by atoms with Gasteiger partial charge < -0.3 is 9.47 Å². The van der Waals surface area contributed by atoms with E-state index in [-0.39, 0.29) is 5.60 Å². The Labute approximate surface area is 109 Å². The van der Waals surface area contributed by atoms with Gasteiger partial charge in [0.05, 0.1) is 5.60 Å². The molecule has 2 saturated heterocycles. The van der Waals surface area contributed by atoms with Crippen LogP contribution < -0.4 is 0 Å². The van der Waals surface area contributed by atoms with Gasteiger partial charge in [-0.15, -0.1) is 0 Å². The lowest BCUT2D eigenvalue weighted by Gasteiger charge is -2.45. The number of rotatable bonds is 1. The van der Waals surface area contributed by atoms with Crippen LogP contribution in [0.1, 0.15) is 51.4 Å². The van der Waals surface area contributed by atoms with Crippen LogP contribution >= 0.6 is 0 Å². The van der Waals surface area contributed by atoms with Gasteiger partial charge in [0, 0.05) is 32.2 Å². The molecular weight excluding hydrogens is 228 g/mol. The van der Waals surface area contributed by atoms with Crippen LogP contribution in [0, 0.1) is 11.8 Å². The van der Waals surface area contributed by atoms with Gasteiger partial charge in [-0.1, -0.05) is 6.42 Å². The van der Waals surface area contributed by atoms with Crippen molar-refractivity contribution in [1.29, 1.82) is 0 Å². The summed E-state index contributed by atoms with van der Waals surface area (Å²) in [5, 5.41) is 0. The van der Waals surface area contributed by atoms with Crippen molar-refractivity contribution in [2.24, 2.45) is 11.8 Å². The van der Waals surface area contributed by atoms with Crippen LogP contribution in [0.4, 0.5) is 0 Å². The zero-order valence-electron chi connectivity index (χ0n) is 11.2. The summed E-state index contributed by atoms with van der Waals surface area (Å²) in [4.78, 5) is 12.1. The largest absolute Gasteiger partial charge is 0.381 e. The molecule has 2 unspecified atom stereocenters. The average molecular weight is 252 g/mol. The molecule has 18 heavy (non-hydrogen) atoms. The summed E-state index contributed by atoms with van der Waals surface area (Å²) < 4.78 is 11.5. The SMILES string of the molecule is O=C1CCCCC1C1CCOC2(CCOCC2)C1. The minimum atomic E-state index is 0.0406. The normalized spacial score (nSPS) is 36.8. The molecule has 3 heteroatoms. The number of hydrogen-bond donors (Lipinski definition) is 0. The topological polar surface area (TPSA) is 35.5 Å². The van der Waals surface area contributed by atoms with Crippen molar-refractivity contribution in [2.45, 2.75) is 57.0 Å². The monoisotopic (exact) mass is 252 g/mol. The molecule has 102 valence electrons. The molecule has 0 bridgehead atoms. The van der Waals surface area contributed by atoms with Crippen molar-refractivity contribution in [3.8, 4) is 0 Å². The molecule has 0 aromatic carbocycles. The lowest BCUT2D eigenvalue weighted by atomic mass is 9.70. The van der Waals surface area contributed by atoms with Gasteiger partial charge in [0.1, 0.15) is 5.78 Å². The molecule has 2 atom stereocenters. The molecular formula is C15H24O3. The van der Waals surface area contributed by atoms with E-state index in [1.54, 1.807) is 0 Å². The smallest absolute Gasteiger partial charge is 0.136 e. The Bertz CT molecular complexity index is 301. The molecule has 1 spiro atoms. The van der Waals surface area contributed by atoms with E-state index in [9.17, 15) is 4.79 Å². The first kappa shape index (κ1) is 12.6. The van der Waals surface area contributed by atoms with Gasteiger partial charge in [-0.3, -0.25) is 4.79 Å². The number of Topliss-reactive ketones (excluding diaryl/α,β-unsaturated/α-hetero) is 1. The zero-order chi connectivity index (χ0) is 12.4. The Kier molecular flexibility index (Phi) is 3.71. The summed E-state index contributed by atoms with van der Waals surface area (Å²) in [6.45, 7) is 2.49. The van der Waals surface area contributed by atoms with E-state index in [2.05, 4.69) is 0 Å². The fourth-order valence-electron chi connectivity index (χ4n) is 4.01. The molecule has 0 aromatic heterocycles. The molecule has 3 fully saturated rings. The Hall–Kier alpha value is -0.410. The van der Waals surface area contributed by atoms with Crippen molar-refractivity contribution in [2.75, 3.05) is 19.8 Å². The van der Waals surface area contributed by atoms with Crippen molar-refractivity contribution in [1.82, 2.24) is 0 Å². The van der Waals surface area contributed by atoms with Crippen LogP contribution in [0.5, 0.6) is 0 Å². The first-order valence-electron chi connectivity index (χ1n) is 7.54. The Morgan fingerprint density at radius 1 is 1.06 bits per heavy atom. The van der Waals surface area contributed by atoms with Crippen molar-refractivity contribution in [3.63, 3.8) is 0 Å². The van der Waals surface area contributed by atoms with E-state index in [0.717, 1.165) is 64.8 Å². The molecule has 2 aliphatic heterocycles. The van der Waals surface area contributed by atoms with Gasteiger partial charge in [-0.25, -0.2) is 0 Å². The Morgan fingerprint density at radius 3 is 2.67 bits per heavy atom. The number of hydrogen-bond acceptors (Lipinski definition) is 3. The second kappa shape index (κ2) is 5.30. The highest BCUT2D eigenvalue weighted by Crippen LogP contribution is 2.42.